The number of nitrogens with zero attached hydrogens (tertiary/aromatic N) is 3. The van der Waals surface area contributed by atoms with Gasteiger partial charge in [-0.15, -0.1) is 0 Å². The minimum absolute atomic E-state index is 0.0672. The molecule has 0 spiro atoms. The van der Waals surface area contributed by atoms with Gasteiger partial charge in [0.25, 0.3) is 11.4 Å². The third kappa shape index (κ3) is 3.47. The Kier molecular flexibility index (Phi) is 4.76. The van der Waals surface area contributed by atoms with E-state index in [0.29, 0.717) is 11.4 Å². The number of nitro benzene ring substituents is 2. The average Bonchev–Trinajstić information content (AvgIpc) is 2.59. The first-order valence-corrected chi connectivity index (χ1v) is 6.49. The smallest absolute Gasteiger partial charge is 0.273 e. The second-order valence-electron chi connectivity index (χ2n) is 4.49. The number of methoxy groups -OCH3 is 1. The number of ether oxygens (including phenoxy) is 1. The summed E-state index contributed by atoms with van der Waals surface area (Å²) in [7, 11) is 1.36. The van der Waals surface area contributed by atoms with Gasteiger partial charge in [0.15, 0.2) is 5.75 Å². The Labute approximate surface area is 135 Å². The SMILES string of the molecule is COc1cc([N+](=O)[O-])ccc1NNc1ccc([N+](=O)[O-])cc1C#N. The summed E-state index contributed by atoms with van der Waals surface area (Å²) < 4.78 is 5.07. The summed E-state index contributed by atoms with van der Waals surface area (Å²) in [5.74, 6) is 0.220. The fraction of sp³-hybridized carbons (Fsp3) is 0.0714. The predicted molar refractivity (Wildman–Crippen MR) is 84.7 cm³/mol. The Hall–Kier alpha value is -3.87. The Morgan fingerprint density at radius 3 is 2.08 bits per heavy atom. The summed E-state index contributed by atoms with van der Waals surface area (Å²) >= 11 is 0. The third-order valence-electron chi connectivity index (χ3n) is 3.06. The van der Waals surface area contributed by atoms with Crippen LogP contribution in [0, 0.1) is 31.6 Å². The Morgan fingerprint density at radius 1 is 1.00 bits per heavy atom. The van der Waals surface area contributed by atoms with Crippen LogP contribution in [0.25, 0.3) is 0 Å². The quantitative estimate of drug-likeness (QED) is 0.608. The lowest BCUT2D eigenvalue weighted by Gasteiger charge is -2.13. The number of rotatable bonds is 6. The number of non-ortho nitro benzene ring substituents is 2. The van der Waals surface area contributed by atoms with Crippen LogP contribution < -0.4 is 15.6 Å². The van der Waals surface area contributed by atoms with Crippen molar-refractivity contribution >= 4 is 22.7 Å². The van der Waals surface area contributed by atoms with Crippen molar-refractivity contribution < 1.29 is 14.6 Å². The molecule has 0 saturated carbocycles. The first-order chi connectivity index (χ1) is 11.5. The number of nitriles is 1. The molecule has 0 amide bonds. The zero-order chi connectivity index (χ0) is 17.7. The van der Waals surface area contributed by atoms with Crippen LogP contribution in [0.1, 0.15) is 5.56 Å². The van der Waals surface area contributed by atoms with Crippen LogP contribution in [0.2, 0.25) is 0 Å². The maximum absolute atomic E-state index is 10.8. The van der Waals surface area contributed by atoms with Crippen LogP contribution >= 0.6 is 0 Å². The number of hydrogen-bond acceptors (Lipinski definition) is 8. The summed E-state index contributed by atoms with van der Waals surface area (Å²) in [5, 5.41) is 30.6. The zero-order valence-electron chi connectivity index (χ0n) is 12.3. The lowest BCUT2D eigenvalue weighted by molar-refractivity contribution is -0.385. The van der Waals surface area contributed by atoms with Gasteiger partial charge in [0, 0.05) is 18.2 Å². The van der Waals surface area contributed by atoms with E-state index in [1.165, 1.54) is 37.4 Å². The number of benzene rings is 2. The van der Waals surface area contributed by atoms with Crippen LogP contribution in [-0.4, -0.2) is 17.0 Å². The van der Waals surface area contributed by atoms with Crippen molar-refractivity contribution in [2.75, 3.05) is 18.0 Å². The van der Waals surface area contributed by atoms with E-state index in [0.717, 1.165) is 6.07 Å². The van der Waals surface area contributed by atoms with E-state index < -0.39 is 9.85 Å². The number of anilines is 2. The average molecular weight is 329 g/mol. The topological polar surface area (TPSA) is 143 Å². The van der Waals surface area contributed by atoms with Gasteiger partial charge in [-0.05, 0) is 12.1 Å². The van der Waals surface area contributed by atoms with Crippen LogP contribution in [0.15, 0.2) is 36.4 Å². The molecule has 2 rings (SSSR count). The first kappa shape index (κ1) is 16.5. The standard InChI is InChI=1S/C14H11N5O5/c1-24-14-7-11(19(22)23)3-5-13(14)17-16-12-4-2-10(18(20)21)6-9(12)8-15/h2-7,16-17H,1H3. The summed E-state index contributed by atoms with van der Waals surface area (Å²) in [6.45, 7) is 0. The molecule has 10 heteroatoms. The van der Waals surface area contributed by atoms with Gasteiger partial charge in [-0.2, -0.15) is 5.26 Å². The molecule has 0 aromatic heterocycles. The molecule has 2 aromatic carbocycles. The molecule has 2 aromatic rings. The summed E-state index contributed by atoms with van der Waals surface area (Å²) in [4.78, 5) is 20.3. The van der Waals surface area contributed by atoms with Crippen molar-refractivity contribution in [2.24, 2.45) is 0 Å². The van der Waals surface area contributed by atoms with Crippen LogP contribution in [0.5, 0.6) is 5.75 Å². The van der Waals surface area contributed by atoms with E-state index >= 15 is 0 Å². The second kappa shape index (κ2) is 6.93. The zero-order valence-corrected chi connectivity index (χ0v) is 12.3. The van der Waals surface area contributed by atoms with Crippen molar-refractivity contribution in [1.82, 2.24) is 0 Å². The van der Waals surface area contributed by atoms with Crippen LogP contribution in [0.3, 0.4) is 0 Å². The second-order valence-corrected chi connectivity index (χ2v) is 4.49. The lowest BCUT2D eigenvalue weighted by atomic mass is 10.2. The predicted octanol–water partition coefficient (Wildman–Crippen LogP) is 2.82. The molecule has 0 aliphatic rings. The van der Waals surface area contributed by atoms with E-state index in [1.54, 1.807) is 0 Å². The Balaban J connectivity index is 2.24. The lowest BCUT2D eigenvalue weighted by Crippen LogP contribution is -2.11. The van der Waals surface area contributed by atoms with Crippen LogP contribution in [0.4, 0.5) is 22.7 Å². The molecule has 0 atom stereocenters. The normalized spacial score (nSPS) is 9.67. The van der Waals surface area contributed by atoms with Crippen molar-refractivity contribution in [3.63, 3.8) is 0 Å². The van der Waals surface area contributed by atoms with Gasteiger partial charge in [0.1, 0.15) is 6.07 Å². The number of nitro groups is 2. The Bertz CT molecular complexity index is 846. The third-order valence-corrected chi connectivity index (χ3v) is 3.06. The molecule has 0 fully saturated rings. The maximum Gasteiger partial charge on any atom is 0.273 e. The highest BCUT2D eigenvalue weighted by Crippen LogP contribution is 2.29. The fourth-order valence-electron chi connectivity index (χ4n) is 1.88. The minimum Gasteiger partial charge on any atom is -0.494 e. The van der Waals surface area contributed by atoms with Crippen LogP contribution in [-0.2, 0) is 0 Å². The van der Waals surface area contributed by atoms with E-state index in [9.17, 15) is 20.2 Å². The summed E-state index contributed by atoms with van der Waals surface area (Å²) in [6.07, 6.45) is 0. The summed E-state index contributed by atoms with van der Waals surface area (Å²) in [5.41, 5.74) is 5.91. The molecular formula is C14H11N5O5. The van der Waals surface area contributed by atoms with Crippen molar-refractivity contribution in [1.29, 1.82) is 5.26 Å². The summed E-state index contributed by atoms with van der Waals surface area (Å²) in [6, 6.07) is 9.57. The molecule has 2 N–H and O–H groups in total. The number of nitrogens with one attached hydrogen (secondary N) is 2. The molecule has 122 valence electrons. The Morgan fingerprint density at radius 2 is 1.54 bits per heavy atom. The van der Waals surface area contributed by atoms with Gasteiger partial charge >= 0.3 is 0 Å². The molecule has 0 bridgehead atoms. The minimum atomic E-state index is -0.600. The highest BCUT2D eigenvalue weighted by molar-refractivity contribution is 5.67. The van der Waals surface area contributed by atoms with E-state index in [1.807, 2.05) is 6.07 Å². The monoisotopic (exact) mass is 329 g/mol. The van der Waals surface area contributed by atoms with E-state index in [4.69, 9.17) is 10.00 Å². The molecule has 0 unspecified atom stereocenters. The molecule has 10 nitrogen and oxygen atoms in total. The molecule has 0 aliphatic carbocycles. The van der Waals surface area contributed by atoms with Crippen molar-refractivity contribution in [3.05, 3.63) is 62.2 Å². The number of hydrogen-bond donors (Lipinski definition) is 2. The number of hydrazine groups is 1. The molecule has 0 radical (unpaired) electrons. The van der Waals surface area contributed by atoms with Crippen molar-refractivity contribution in [2.45, 2.75) is 0 Å². The maximum atomic E-state index is 10.8. The van der Waals surface area contributed by atoms with Crippen molar-refractivity contribution in [3.8, 4) is 11.8 Å². The first-order valence-electron chi connectivity index (χ1n) is 6.49. The van der Waals surface area contributed by atoms with Gasteiger partial charge in [-0.25, -0.2) is 0 Å². The molecule has 0 saturated heterocycles. The van der Waals surface area contributed by atoms with Gasteiger partial charge in [0.05, 0.1) is 40.0 Å². The van der Waals surface area contributed by atoms with Gasteiger partial charge in [-0.1, -0.05) is 0 Å². The molecule has 0 heterocycles. The van der Waals surface area contributed by atoms with E-state index in [2.05, 4.69) is 10.9 Å². The molecule has 0 aliphatic heterocycles. The van der Waals surface area contributed by atoms with E-state index in [-0.39, 0.29) is 22.7 Å². The fourth-order valence-corrected chi connectivity index (χ4v) is 1.88. The largest absolute Gasteiger partial charge is 0.494 e. The van der Waals surface area contributed by atoms with Gasteiger partial charge in [-0.3, -0.25) is 31.1 Å². The molecule has 24 heavy (non-hydrogen) atoms. The highest BCUT2D eigenvalue weighted by atomic mass is 16.6. The van der Waals surface area contributed by atoms with Gasteiger partial charge < -0.3 is 4.74 Å². The highest BCUT2D eigenvalue weighted by Gasteiger charge is 2.13. The van der Waals surface area contributed by atoms with Gasteiger partial charge in [0.2, 0.25) is 0 Å². The molecular weight excluding hydrogens is 318 g/mol.